The highest BCUT2D eigenvalue weighted by atomic mass is 16.2. The van der Waals surface area contributed by atoms with Crippen molar-refractivity contribution in [3.63, 3.8) is 0 Å². The van der Waals surface area contributed by atoms with Gasteiger partial charge in [-0.05, 0) is 30.4 Å². The van der Waals surface area contributed by atoms with Gasteiger partial charge in [0.25, 0.3) is 5.56 Å². The highest BCUT2D eigenvalue weighted by molar-refractivity contribution is 5.77. The lowest BCUT2D eigenvalue weighted by Crippen LogP contribution is -2.44. The van der Waals surface area contributed by atoms with Crippen molar-refractivity contribution in [2.24, 2.45) is 0 Å². The van der Waals surface area contributed by atoms with Crippen LogP contribution in [0.1, 0.15) is 62.1 Å². The first kappa shape index (κ1) is 21.4. The van der Waals surface area contributed by atoms with Crippen molar-refractivity contribution >= 4 is 11.9 Å². The quantitative estimate of drug-likeness (QED) is 0.568. The van der Waals surface area contributed by atoms with E-state index < -0.39 is 0 Å². The van der Waals surface area contributed by atoms with Gasteiger partial charge in [-0.3, -0.25) is 25.0 Å². The Morgan fingerprint density at radius 3 is 2.52 bits per heavy atom. The molecule has 2 aliphatic carbocycles. The maximum atomic E-state index is 14.2. The number of fused-ring (bicyclic) bond motifs is 4. The van der Waals surface area contributed by atoms with E-state index in [9.17, 15) is 9.59 Å². The molecule has 2 aromatic carbocycles. The van der Waals surface area contributed by atoms with Crippen LogP contribution in [-0.2, 0) is 23.2 Å². The number of nitrogens with zero attached hydrogens (tertiary/aromatic N) is 2. The minimum Gasteiger partial charge on any atom is -0.273 e. The predicted octanol–water partition coefficient (Wildman–Crippen LogP) is 4.57. The lowest BCUT2D eigenvalue weighted by molar-refractivity contribution is -0.120. The number of benzene rings is 2. The fraction of sp³-hybridized carbons (Fsp3) is 0.370. The number of aromatic nitrogens is 2. The Balaban J connectivity index is 1.72. The van der Waals surface area contributed by atoms with E-state index in [4.69, 9.17) is 4.98 Å². The lowest BCUT2D eigenvalue weighted by atomic mass is 9.62. The fourth-order valence-corrected chi connectivity index (χ4v) is 5.46. The molecule has 6 heteroatoms. The molecule has 5 rings (SSSR count). The third kappa shape index (κ3) is 3.94. The van der Waals surface area contributed by atoms with Crippen molar-refractivity contribution in [2.45, 2.75) is 63.8 Å². The van der Waals surface area contributed by atoms with E-state index in [0.29, 0.717) is 18.9 Å². The van der Waals surface area contributed by atoms with E-state index >= 15 is 0 Å². The Morgan fingerprint density at radius 2 is 1.76 bits per heavy atom. The Labute approximate surface area is 194 Å². The van der Waals surface area contributed by atoms with Crippen LogP contribution in [-0.4, -0.2) is 15.5 Å². The van der Waals surface area contributed by atoms with Crippen LogP contribution in [0.3, 0.4) is 0 Å². The van der Waals surface area contributed by atoms with Gasteiger partial charge in [0.2, 0.25) is 11.9 Å². The van der Waals surface area contributed by atoms with Crippen molar-refractivity contribution < 1.29 is 4.79 Å². The SMILES string of the molecule is CCC(=O)NNc1nc2c(c(=O)n1Cc1ccccc1)C1(CCCCC1)Cc1ccccc1-2. The van der Waals surface area contributed by atoms with E-state index in [2.05, 4.69) is 29.1 Å². The van der Waals surface area contributed by atoms with Crippen LogP contribution in [0.5, 0.6) is 0 Å². The minimum absolute atomic E-state index is 0.00602. The van der Waals surface area contributed by atoms with Crippen molar-refractivity contribution in [3.8, 4) is 11.3 Å². The summed E-state index contributed by atoms with van der Waals surface area (Å²) in [5, 5.41) is 0. The first-order valence-electron chi connectivity index (χ1n) is 11.9. The van der Waals surface area contributed by atoms with Crippen molar-refractivity contribution in [3.05, 3.63) is 81.6 Å². The molecule has 0 atom stereocenters. The lowest BCUT2D eigenvalue weighted by Gasteiger charge is -2.42. The highest BCUT2D eigenvalue weighted by Crippen LogP contribution is 2.48. The topological polar surface area (TPSA) is 76.0 Å². The van der Waals surface area contributed by atoms with Crippen LogP contribution in [0.25, 0.3) is 11.3 Å². The molecule has 0 bridgehead atoms. The molecule has 0 unspecified atom stereocenters. The van der Waals surface area contributed by atoms with Crippen LogP contribution < -0.4 is 16.4 Å². The molecule has 0 radical (unpaired) electrons. The van der Waals surface area contributed by atoms with Gasteiger partial charge < -0.3 is 0 Å². The molecule has 0 aliphatic heterocycles. The molecular formula is C27H30N4O2. The smallest absolute Gasteiger partial charge is 0.259 e. The molecule has 170 valence electrons. The number of nitrogens with one attached hydrogen (secondary N) is 2. The van der Waals surface area contributed by atoms with E-state index in [1.165, 1.54) is 12.0 Å². The second kappa shape index (κ2) is 8.85. The van der Waals surface area contributed by atoms with Gasteiger partial charge in [-0.15, -0.1) is 0 Å². The summed E-state index contributed by atoms with van der Waals surface area (Å²) in [5.74, 6) is 0.212. The van der Waals surface area contributed by atoms with Crippen LogP contribution in [0.2, 0.25) is 0 Å². The fourth-order valence-electron chi connectivity index (χ4n) is 5.46. The predicted molar refractivity (Wildman–Crippen MR) is 130 cm³/mol. The second-order valence-corrected chi connectivity index (χ2v) is 9.24. The molecule has 1 fully saturated rings. The average molecular weight is 443 g/mol. The summed E-state index contributed by atoms with van der Waals surface area (Å²) in [4.78, 5) is 31.2. The average Bonchev–Trinajstić information content (AvgIpc) is 2.85. The van der Waals surface area contributed by atoms with Gasteiger partial charge >= 0.3 is 0 Å². The summed E-state index contributed by atoms with van der Waals surface area (Å²) in [7, 11) is 0. The largest absolute Gasteiger partial charge is 0.273 e. The third-order valence-electron chi connectivity index (χ3n) is 7.13. The third-order valence-corrected chi connectivity index (χ3v) is 7.13. The zero-order chi connectivity index (χ0) is 22.8. The summed E-state index contributed by atoms with van der Waals surface area (Å²) >= 11 is 0. The number of carbonyl (C=O) groups is 1. The molecule has 1 amide bonds. The molecule has 6 nitrogen and oxygen atoms in total. The van der Waals surface area contributed by atoms with Crippen LogP contribution in [0.15, 0.2) is 59.4 Å². The number of carbonyl (C=O) groups excluding carboxylic acids is 1. The molecular weight excluding hydrogens is 412 g/mol. The van der Waals surface area contributed by atoms with Crippen molar-refractivity contribution in [1.29, 1.82) is 0 Å². The van der Waals surface area contributed by atoms with Gasteiger partial charge in [0.05, 0.1) is 17.8 Å². The molecule has 1 aromatic heterocycles. The van der Waals surface area contributed by atoms with Gasteiger partial charge in [0.15, 0.2) is 0 Å². The Bertz CT molecular complexity index is 1230. The normalized spacial score (nSPS) is 16.0. The monoisotopic (exact) mass is 442 g/mol. The van der Waals surface area contributed by atoms with Gasteiger partial charge in [-0.2, -0.15) is 0 Å². The first-order valence-corrected chi connectivity index (χ1v) is 11.9. The molecule has 1 heterocycles. The van der Waals surface area contributed by atoms with Crippen LogP contribution in [0, 0.1) is 0 Å². The Morgan fingerprint density at radius 1 is 1.03 bits per heavy atom. The number of anilines is 1. The van der Waals surface area contributed by atoms with Crippen molar-refractivity contribution in [1.82, 2.24) is 15.0 Å². The molecule has 1 saturated carbocycles. The number of rotatable bonds is 5. The van der Waals surface area contributed by atoms with Crippen molar-refractivity contribution in [2.75, 3.05) is 5.43 Å². The first-order chi connectivity index (χ1) is 16.1. The number of hydrazine groups is 1. The van der Waals surface area contributed by atoms with E-state index in [-0.39, 0.29) is 16.9 Å². The van der Waals surface area contributed by atoms with Gasteiger partial charge in [-0.1, -0.05) is 80.8 Å². The Hall–Kier alpha value is -3.41. The van der Waals surface area contributed by atoms with Crippen LogP contribution >= 0.6 is 0 Å². The molecule has 0 saturated heterocycles. The highest BCUT2D eigenvalue weighted by Gasteiger charge is 2.43. The zero-order valence-electron chi connectivity index (χ0n) is 19.1. The summed E-state index contributed by atoms with van der Waals surface area (Å²) in [5.41, 5.74) is 10.4. The molecule has 2 aliphatic rings. The van der Waals surface area contributed by atoms with E-state index in [1.807, 2.05) is 36.4 Å². The minimum atomic E-state index is -0.171. The molecule has 1 spiro atoms. The molecule has 3 aromatic rings. The maximum Gasteiger partial charge on any atom is 0.259 e. The standard InChI is InChI=1S/C27H30N4O2/c1-2-22(32)29-30-26-28-24-21-14-8-7-13-20(21)17-27(15-9-4-10-16-27)23(24)25(33)31(26)18-19-11-5-3-6-12-19/h3,5-8,11-14H,2,4,9-10,15-18H2,1H3,(H,28,30)(H,29,32). The number of amides is 1. The van der Waals surface area contributed by atoms with Crippen LogP contribution in [0.4, 0.5) is 5.95 Å². The maximum absolute atomic E-state index is 14.2. The second-order valence-electron chi connectivity index (χ2n) is 9.24. The zero-order valence-corrected chi connectivity index (χ0v) is 19.1. The molecule has 33 heavy (non-hydrogen) atoms. The summed E-state index contributed by atoms with van der Waals surface area (Å²) < 4.78 is 1.69. The van der Waals surface area contributed by atoms with E-state index in [1.54, 1.807) is 11.5 Å². The molecule has 2 N–H and O–H groups in total. The summed E-state index contributed by atoms with van der Waals surface area (Å²) in [6.45, 7) is 2.18. The van der Waals surface area contributed by atoms with Gasteiger partial charge in [0.1, 0.15) is 0 Å². The summed E-state index contributed by atoms with van der Waals surface area (Å²) in [6.07, 6.45) is 6.72. The summed E-state index contributed by atoms with van der Waals surface area (Å²) in [6, 6.07) is 18.2. The van der Waals surface area contributed by atoms with E-state index in [0.717, 1.165) is 54.5 Å². The Kier molecular flexibility index (Phi) is 5.75. The van der Waals surface area contributed by atoms with Gasteiger partial charge in [-0.25, -0.2) is 4.98 Å². The number of hydrogen-bond donors (Lipinski definition) is 2. The number of hydrogen-bond acceptors (Lipinski definition) is 4. The van der Waals surface area contributed by atoms with Gasteiger partial charge in [0, 0.05) is 17.4 Å².